The molecule has 2 N–H and O–H groups in total. The predicted octanol–water partition coefficient (Wildman–Crippen LogP) is 1.98. The lowest BCUT2D eigenvalue weighted by molar-refractivity contribution is -0.155. The normalized spacial score (nSPS) is 17.5. The summed E-state index contributed by atoms with van der Waals surface area (Å²) in [5, 5.41) is 18.2. The summed E-state index contributed by atoms with van der Waals surface area (Å²) in [5.41, 5.74) is 0. The molecule has 0 aromatic rings. The summed E-state index contributed by atoms with van der Waals surface area (Å²) in [7, 11) is 0. The molecule has 6 nitrogen and oxygen atoms in total. The molecule has 21 heavy (non-hydrogen) atoms. The van der Waals surface area contributed by atoms with E-state index in [1.54, 1.807) is 13.8 Å². The van der Waals surface area contributed by atoms with Gasteiger partial charge in [-0.05, 0) is 18.8 Å². The molecule has 0 aromatic heterocycles. The van der Waals surface area contributed by atoms with E-state index < -0.39 is 18.0 Å². The topological polar surface area (TPSA) is 94.9 Å². The average molecular weight is 299 g/mol. The summed E-state index contributed by atoms with van der Waals surface area (Å²) in [6, 6.07) is -0.959. The molecule has 6 heteroatoms. The zero-order chi connectivity index (χ0) is 16.0. The van der Waals surface area contributed by atoms with Crippen LogP contribution >= 0.6 is 0 Å². The van der Waals surface area contributed by atoms with Gasteiger partial charge in [-0.15, -0.1) is 0 Å². The molecule has 0 saturated heterocycles. The predicted molar refractivity (Wildman–Crippen MR) is 76.8 cm³/mol. The molecule has 1 unspecified atom stereocenters. The minimum absolute atomic E-state index is 0.0419. The van der Waals surface area contributed by atoms with E-state index in [1.807, 2.05) is 0 Å². The van der Waals surface area contributed by atoms with Crippen molar-refractivity contribution in [1.29, 1.82) is 0 Å². The van der Waals surface area contributed by atoms with Crippen molar-refractivity contribution in [3.05, 3.63) is 0 Å². The summed E-state index contributed by atoms with van der Waals surface area (Å²) in [5.74, 6) is -2.71. The van der Waals surface area contributed by atoms with Crippen molar-refractivity contribution in [1.82, 2.24) is 4.90 Å². The Morgan fingerprint density at radius 3 is 2.10 bits per heavy atom. The Morgan fingerprint density at radius 1 is 1.10 bits per heavy atom. The lowest BCUT2D eigenvalue weighted by Crippen LogP contribution is -2.51. The Kier molecular flexibility index (Phi) is 6.65. The van der Waals surface area contributed by atoms with Crippen molar-refractivity contribution >= 4 is 17.8 Å². The lowest BCUT2D eigenvalue weighted by Gasteiger charge is -2.35. The summed E-state index contributed by atoms with van der Waals surface area (Å²) in [6.45, 7) is 3.43. The van der Waals surface area contributed by atoms with Gasteiger partial charge < -0.3 is 15.1 Å². The lowest BCUT2D eigenvalue weighted by atomic mass is 9.87. The highest BCUT2D eigenvalue weighted by molar-refractivity contribution is 5.85. The van der Waals surface area contributed by atoms with Crippen LogP contribution in [0.25, 0.3) is 0 Å². The number of aliphatic carboxylic acids is 2. The smallest absolute Gasteiger partial charge is 0.326 e. The van der Waals surface area contributed by atoms with Crippen molar-refractivity contribution in [2.45, 2.75) is 58.4 Å². The number of carbonyl (C=O) groups is 3. The highest BCUT2D eigenvalue weighted by Gasteiger charge is 2.36. The maximum absolute atomic E-state index is 12.6. The summed E-state index contributed by atoms with van der Waals surface area (Å²) in [6.07, 6.45) is 4.37. The van der Waals surface area contributed by atoms with Crippen LogP contribution in [0.1, 0.15) is 52.4 Å². The van der Waals surface area contributed by atoms with Crippen molar-refractivity contribution in [3.63, 3.8) is 0 Å². The van der Waals surface area contributed by atoms with Crippen molar-refractivity contribution in [2.24, 2.45) is 11.8 Å². The van der Waals surface area contributed by atoms with Gasteiger partial charge in [0.2, 0.25) is 5.91 Å². The molecule has 1 saturated carbocycles. The minimum atomic E-state index is -1.07. The Balaban J connectivity index is 2.90. The quantitative estimate of drug-likeness (QED) is 0.749. The third-order valence-electron chi connectivity index (χ3n) is 4.02. The van der Waals surface area contributed by atoms with Crippen LogP contribution in [-0.4, -0.2) is 45.5 Å². The molecule has 1 atom stereocenters. The van der Waals surface area contributed by atoms with Gasteiger partial charge in [0.05, 0.1) is 6.42 Å². The second kappa shape index (κ2) is 8.00. The van der Waals surface area contributed by atoms with Gasteiger partial charge in [-0.1, -0.05) is 33.1 Å². The Bertz CT molecular complexity index is 388. The summed E-state index contributed by atoms with van der Waals surface area (Å²) < 4.78 is 0. The van der Waals surface area contributed by atoms with E-state index in [2.05, 4.69) is 0 Å². The minimum Gasteiger partial charge on any atom is -0.481 e. The van der Waals surface area contributed by atoms with Crippen LogP contribution in [0.5, 0.6) is 0 Å². The molecule has 120 valence electrons. The molecule has 1 amide bonds. The number of hydrogen-bond donors (Lipinski definition) is 2. The third-order valence-corrected chi connectivity index (χ3v) is 4.02. The first-order valence-corrected chi connectivity index (χ1v) is 7.59. The monoisotopic (exact) mass is 299 g/mol. The van der Waals surface area contributed by atoms with E-state index >= 15 is 0 Å². The SMILES string of the molecule is CC(C)C(C(=O)O)N(CCC(=O)O)C(=O)C1CCCCC1. The second-order valence-corrected chi connectivity index (χ2v) is 6.04. The number of rotatable bonds is 7. The van der Waals surface area contributed by atoms with Gasteiger partial charge in [-0.25, -0.2) is 4.79 Å². The van der Waals surface area contributed by atoms with E-state index in [9.17, 15) is 19.5 Å². The van der Waals surface area contributed by atoms with Crippen LogP contribution in [0.15, 0.2) is 0 Å². The van der Waals surface area contributed by atoms with Crippen molar-refractivity contribution in [2.75, 3.05) is 6.54 Å². The standard InChI is InChI=1S/C15H25NO5/c1-10(2)13(15(20)21)16(9-8-12(17)18)14(19)11-6-4-3-5-7-11/h10-11,13H,3-9H2,1-2H3,(H,17,18)(H,20,21). The van der Waals surface area contributed by atoms with Gasteiger partial charge in [-0.3, -0.25) is 9.59 Å². The van der Waals surface area contributed by atoms with Crippen LogP contribution in [0.4, 0.5) is 0 Å². The fraction of sp³-hybridized carbons (Fsp3) is 0.800. The number of amides is 1. The van der Waals surface area contributed by atoms with Crippen LogP contribution in [0.2, 0.25) is 0 Å². The highest BCUT2D eigenvalue weighted by atomic mass is 16.4. The fourth-order valence-electron chi connectivity index (χ4n) is 2.96. The van der Waals surface area contributed by atoms with Crippen LogP contribution in [-0.2, 0) is 14.4 Å². The van der Waals surface area contributed by atoms with Crippen LogP contribution in [0, 0.1) is 11.8 Å². The molecule has 1 fully saturated rings. The molecule has 0 heterocycles. The molecular formula is C15H25NO5. The Hall–Kier alpha value is -1.59. The van der Waals surface area contributed by atoms with Gasteiger partial charge in [0, 0.05) is 12.5 Å². The molecule has 0 spiro atoms. The first-order valence-electron chi connectivity index (χ1n) is 7.59. The third kappa shape index (κ3) is 5.02. The fourth-order valence-corrected chi connectivity index (χ4v) is 2.96. The van der Waals surface area contributed by atoms with Crippen LogP contribution in [0.3, 0.4) is 0 Å². The maximum Gasteiger partial charge on any atom is 0.326 e. The van der Waals surface area contributed by atoms with Gasteiger partial charge in [-0.2, -0.15) is 0 Å². The molecule has 0 aromatic carbocycles. The Labute approximate surface area is 125 Å². The highest BCUT2D eigenvalue weighted by Crippen LogP contribution is 2.27. The molecule has 0 radical (unpaired) electrons. The number of hydrogen-bond acceptors (Lipinski definition) is 3. The largest absolute Gasteiger partial charge is 0.481 e. The molecule has 1 aliphatic carbocycles. The molecule has 1 aliphatic rings. The summed E-state index contributed by atoms with van der Waals surface area (Å²) in [4.78, 5) is 36.2. The second-order valence-electron chi connectivity index (χ2n) is 6.04. The maximum atomic E-state index is 12.6. The molecule has 0 aliphatic heterocycles. The Morgan fingerprint density at radius 2 is 1.67 bits per heavy atom. The zero-order valence-corrected chi connectivity index (χ0v) is 12.7. The summed E-state index contributed by atoms with van der Waals surface area (Å²) >= 11 is 0. The average Bonchev–Trinajstić information content (AvgIpc) is 2.42. The number of carboxylic acid groups (broad SMARTS) is 2. The molecule has 1 rings (SSSR count). The van der Waals surface area contributed by atoms with E-state index in [1.165, 1.54) is 4.90 Å². The van der Waals surface area contributed by atoms with E-state index in [-0.39, 0.29) is 30.7 Å². The number of carboxylic acids is 2. The van der Waals surface area contributed by atoms with Gasteiger partial charge >= 0.3 is 11.9 Å². The van der Waals surface area contributed by atoms with Crippen molar-refractivity contribution < 1.29 is 24.6 Å². The molecular weight excluding hydrogens is 274 g/mol. The van der Waals surface area contributed by atoms with Crippen LogP contribution < -0.4 is 0 Å². The van der Waals surface area contributed by atoms with Gasteiger partial charge in [0.25, 0.3) is 0 Å². The van der Waals surface area contributed by atoms with Gasteiger partial charge in [0.15, 0.2) is 0 Å². The molecule has 0 bridgehead atoms. The first kappa shape index (κ1) is 17.5. The van der Waals surface area contributed by atoms with Crippen molar-refractivity contribution in [3.8, 4) is 0 Å². The van der Waals surface area contributed by atoms with E-state index in [0.717, 1.165) is 32.1 Å². The first-order chi connectivity index (χ1) is 9.84. The number of nitrogens with zero attached hydrogens (tertiary/aromatic N) is 1. The van der Waals surface area contributed by atoms with E-state index in [0.29, 0.717) is 0 Å². The zero-order valence-electron chi connectivity index (χ0n) is 12.7. The van der Waals surface area contributed by atoms with Gasteiger partial charge in [0.1, 0.15) is 6.04 Å². The number of carbonyl (C=O) groups excluding carboxylic acids is 1. The van der Waals surface area contributed by atoms with E-state index in [4.69, 9.17) is 5.11 Å².